The normalized spacial score (nSPS) is 23.6. The van der Waals surface area contributed by atoms with E-state index in [1.165, 1.54) is 0 Å². The van der Waals surface area contributed by atoms with Crippen molar-refractivity contribution < 1.29 is 24.2 Å². The van der Waals surface area contributed by atoms with Gasteiger partial charge < -0.3 is 24.5 Å². The fraction of sp³-hybridized carbons (Fsp3) is 0.842. The molecular weight excluding hydrogens is 350 g/mol. The number of carbonyl (C=O) groups is 3. The molecule has 3 heterocycles. The Hall–Kier alpha value is -1.83. The van der Waals surface area contributed by atoms with E-state index in [1.807, 2.05) is 9.80 Å². The number of carboxylic acid groups (broad SMARTS) is 1. The number of urea groups is 1. The summed E-state index contributed by atoms with van der Waals surface area (Å²) in [6.45, 7) is 4.27. The molecule has 0 aromatic heterocycles. The molecule has 1 atom stereocenters. The first-order valence-electron chi connectivity index (χ1n) is 10.2. The highest BCUT2D eigenvalue weighted by atomic mass is 16.5. The average Bonchev–Trinajstić information content (AvgIpc) is 3.38. The van der Waals surface area contributed by atoms with Crippen LogP contribution in [0.4, 0.5) is 4.79 Å². The summed E-state index contributed by atoms with van der Waals surface area (Å²) in [5.74, 6) is -1.02. The molecule has 3 aliphatic rings. The number of piperidine rings is 1. The summed E-state index contributed by atoms with van der Waals surface area (Å²) in [5.41, 5.74) is 0. The molecule has 3 saturated heterocycles. The predicted molar refractivity (Wildman–Crippen MR) is 98.3 cm³/mol. The number of hydrogen-bond donors (Lipinski definition) is 1. The molecule has 0 aliphatic carbocycles. The number of nitrogens with zero attached hydrogens (tertiary/aromatic N) is 3. The maximum Gasteiger partial charge on any atom is 0.319 e. The summed E-state index contributed by atoms with van der Waals surface area (Å²) < 4.78 is 5.63. The maximum atomic E-state index is 13.0. The van der Waals surface area contributed by atoms with Crippen molar-refractivity contribution in [2.24, 2.45) is 5.92 Å². The van der Waals surface area contributed by atoms with E-state index in [4.69, 9.17) is 9.84 Å². The van der Waals surface area contributed by atoms with Crippen LogP contribution in [-0.2, 0) is 14.3 Å². The first kappa shape index (κ1) is 19.9. The van der Waals surface area contributed by atoms with Crippen LogP contribution in [0.5, 0.6) is 0 Å². The molecule has 0 bridgehead atoms. The van der Waals surface area contributed by atoms with E-state index >= 15 is 0 Å². The first-order chi connectivity index (χ1) is 13.0. The summed E-state index contributed by atoms with van der Waals surface area (Å²) in [7, 11) is 0. The van der Waals surface area contributed by atoms with E-state index in [-0.39, 0.29) is 36.9 Å². The van der Waals surface area contributed by atoms with Crippen LogP contribution in [0, 0.1) is 5.92 Å². The van der Waals surface area contributed by atoms with Crippen LogP contribution < -0.4 is 0 Å². The summed E-state index contributed by atoms with van der Waals surface area (Å²) in [6, 6.07) is 0.0977. The van der Waals surface area contributed by atoms with Crippen molar-refractivity contribution in [2.45, 2.75) is 51.0 Å². The molecule has 1 N–H and O–H groups in total. The monoisotopic (exact) mass is 381 g/mol. The van der Waals surface area contributed by atoms with Gasteiger partial charge in [0, 0.05) is 51.8 Å². The molecule has 0 aromatic carbocycles. The number of carbonyl (C=O) groups excluding carboxylic acids is 2. The van der Waals surface area contributed by atoms with Gasteiger partial charge in [-0.25, -0.2) is 4.79 Å². The Morgan fingerprint density at radius 3 is 2.22 bits per heavy atom. The van der Waals surface area contributed by atoms with Crippen LogP contribution in [-0.4, -0.2) is 89.7 Å². The van der Waals surface area contributed by atoms with Crippen LogP contribution in [0.3, 0.4) is 0 Å². The van der Waals surface area contributed by atoms with Gasteiger partial charge in [0.2, 0.25) is 5.91 Å². The second-order valence-corrected chi connectivity index (χ2v) is 7.80. The topological polar surface area (TPSA) is 90.4 Å². The summed E-state index contributed by atoms with van der Waals surface area (Å²) in [5, 5.41) is 9.00. The molecule has 0 spiro atoms. The van der Waals surface area contributed by atoms with Crippen molar-refractivity contribution in [2.75, 3.05) is 45.9 Å². The second-order valence-electron chi connectivity index (χ2n) is 7.80. The predicted octanol–water partition coefficient (Wildman–Crippen LogP) is 1.40. The van der Waals surface area contributed by atoms with E-state index in [0.717, 1.165) is 38.8 Å². The third-order valence-electron chi connectivity index (χ3n) is 5.85. The van der Waals surface area contributed by atoms with E-state index in [9.17, 15) is 14.4 Å². The number of amides is 3. The van der Waals surface area contributed by atoms with Crippen molar-refractivity contribution in [3.8, 4) is 0 Å². The number of hydrogen-bond acceptors (Lipinski definition) is 4. The molecule has 8 heteroatoms. The average molecular weight is 381 g/mol. The van der Waals surface area contributed by atoms with E-state index in [0.29, 0.717) is 39.1 Å². The van der Waals surface area contributed by atoms with Crippen molar-refractivity contribution >= 4 is 17.9 Å². The zero-order valence-corrected chi connectivity index (χ0v) is 16.0. The lowest BCUT2D eigenvalue weighted by molar-refractivity contribution is -0.141. The van der Waals surface area contributed by atoms with Gasteiger partial charge in [-0.2, -0.15) is 0 Å². The van der Waals surface area contributed by atoms with E-state index < -0.39 is 5.97 Å². The van der Waals surface area contributed by atoms with Gasteiger partial charge in [-0.15, -0.1) is 0 Å². The molecule has 152 valence electrons. The van der Waals surface area contributed by atoms with Crippen LogP contribution in [0.25, 0.3) is 0 Å². The molecule has 3 aliphatic heterocycles. The zero-order valence-electron chi connectivity index (χ0n) is 16.0. The second kappa shape index (κ2) is 9.39. The number of rotatable bonds is 6. The SMILES string of the molecule is O=C(O)CCN(CC1CCCO1)C(=O)C1CCN(C(=O)N2CCCC2)CC1. The molecule has 0 saturated carbocycles. The van der Waals surface area contributed by atoms with Crippen molar-refractivity contribution in [3.05, 3.63) is 0 Å². The highest BCUT2D eigenvalue weighted by Gasteiger charge is 2.33. The Labute approximate surface area is 160 Å². The molecule has 1 unspecified atom stereocenters. The summed E-state index contributed by atoms with van der Waals surface area (Å²) in [4.78, 5) is 41.9. The Bertz CT molecular complexity index is 535. The first-order valence-corrected chi connectivity index (χ1v) is 10.2. The largest absolute Gasteiger partial charge is 0.481 e. The van der Waals surface area contributed by atoms with Gasteiger partial charge in [0.15, 0.2) is 0 Å². The third-order valence-corrected chi connectivity index (χ3v) is 5.85. The lowest BCUT2D eigenvalue weighted by atomic mass is 9.95. The van der Waals surface area contributed by atoms with Crippen LogP contribution in [0.15, 0.2) is 0 Å². The van der Waals surface area contributed by atoms with Crippen LogP contribution in [0.2, 0.25) is 0 Å². The van der Waals surface area contributed by atoms with Gasteiger partial charge in [-0.1, -0.05) is 0 Å². The van der Waals surface area contributed by atoms with Gasteiger partial charge >= 0.3 is 12.0 Å². The Balaban J connectivity index is 1.52. The van der Waals surface area contributed by atoms with Crippen LogP contribution in [0.1, 0.15) is 44.9 Å². The standard InChI is InChI=1S/C19H31N3O5/c23-17(24)7-12-22(14-16-4-3-13-27-16)18(25)15-5-10-21(11-6-15)19(26)20-8-1-2-9-20/h15-16H,1-14H2,(H,23,24). The van der Waals surface area contributed by atoms with Crippen molar-refractivity contribution in [3.63, 3.8) is 0 Å². The lowest BCUT2D eigenvalue weighted by Gasteiger charge is -2.36. The molecule has 8 nitrogen and oxygen atoms in total. The molecule has 3 fully saturated rings. The number of carboxylic acids is 1. The van der Waals surface area contributed by atoms with Gasteiger partial charge in [0.1, 0.15) is 0 Å². The Morgan fingerprint density at radius 2 is 1.63 bits per heavy atom. The quantitative estimate of drug-likeness (QED) is 0.751. The highest BCUT2D eigenvalue weighted by Crippen LogP contribution is 2.23. The molecule has 3 amide bonds. The maximum absolute atomic E-state index is 13.0. The minimum Gasteiger partial charge on any atom is -0.481 e. The van der Waals surface area contributed by atoms with E-state index in [1.54, 1.807) is 4.90 Å². The molecule has 0 aromatic rings. The smallest absolute Gasteiger partial charge is 0.319 e. The number of ether oxygens (including phenoxy) is 1. The highest BCUT2D eigenvalue weighted by molar-refractivity contribution is 5.80. The lowest BCUT2D eigenvalue weighted by Crippen LogP contribution is -2.49. The molecular formula is C19H31N3O5. The zero-order chi connectivity index (χ0) is 19.2. The van der Waals surface area contributed by atoms with Gasteiger partial charge in [-0.05, 0) is 38.5 Å². The van der Waals surface area contributed by atoms with Crippen molar-refractivity contribution in [1.29, 1.82) is 0 Å². The summed E-state index contributed by atoms with van der Waals surface area (Å²) >= 11 is 0. The van der Waals surface area contributed by atoms with Crippen molar-refractivity contribution in [1.82, 2.24) is 14.7 Å². The van der Waals surface area contributed by atoms with Crippen LogP contribution >= 0.6 is 0 Å². The Kier molecular flexibility index (Phi) is 6.93. The summed E-state index contributed by atoms with van der Waals surface area (Å²) in [6.07, 6.45) is 5.30. The molecule has 27 heavy (non-hydrogen) atoms. The number of likely N-dealkylation sites (tertiary alicyclic amines) is 2. The fourth-order valence-corrected chi connectivity index (χ4v) is 4.24. The fourth-order valence-electron chi connectivity index (χ4n) is 4.24. The molecule has 0 radical (unpaired) electrons. The number of aliphatic carboxylic acids is 1. The third kappa shape index (κ3) is 5.34. The molecule has 3 rings (SSSR count). The van der Waals surface area contributed by atoms with Gasteiger partial charge in [0.25, 0.3) is 0 Å². The minimum atomic E-state index is -0.897. The van der Waals surface area contributed by atoms with Gasteiger partial charge in [-0.3, -0.25) is 9.59 Å². The Morgan fingerprint density at radius 1 is 0.963 bits per heavy atom. The van der Waals surface area contributed by atoms with E-state index in [2.05, 4.69) is 0 Å². The minimum absolute atomic E-state index is 0.0135. The van der Waals surface area contributed by atoms with Gasteiger partial charge in [0.05, 0.1) is 12.5 Å².